The van der Waals surface area contributed by atoms with Gasteiger partial charge in [-0.1, -0.05) is 63.2 Å². The molecule has 0 saturated heterocycles. The first-order chi connectivity index (χ1) is 17.8. The number of rotatable bonds is 7. The highest BCUT2D eigenvalue weighted by Crippen LogP contribution is 2.41. The van der Waals surface area contributed by atoms with Crippen LogP contribution in [-0.4, -0.2) is 26.8 Å². The summed E-state index contributed by atoms with van der Waals surface area (Å²) in [6.07, 6.45) is 2.97. The third-order valence-corrected chi connectivity index (χ3v) is 8.32. The van der Waals surface area contributed by atoms with Gasteiger partial charge >= 0.3 is 5.97 Å². The molecule has 0 bridgehead atoms. The number of aromatic nitrogens is 1. The normalized spacial score (nSPS) is 16.1. The smallest absolute Gasteiger partial charge is 0.311 e. The van der Waals surface area contributed by atoms with Gasteiger partial charge in [-0.05, 0) is 78.6 Å². The summed E-state index contributed by atoms with van der Waals surface area (Å²) >= 11 is 1.75. The molecule has 2 unspecified atom stereocenters. The van der Waals surface area contributed by atoms with E-state index in [1.807, 2.05) is 42.5 Å². The van der Waals surface area contributed by atoms with Gasteiger partial charge in [0, 0.05) is 26.8 Å². The van der Waals surface area contributed by atoms with Crippen LogP contribution in [0.15, 0.2) is 77.7 Å². The van der Waals surface area contributed by atoms with Crippen LogP contribution in [0.5, 0.6) is 0 Å². The SMILES string of the molecule is CC(C)Sc1ccc2c(c1)c1c(n2C(=O)c2ccc(CC(C)c3ccccc3)cc2)CCCC1C(=O)O. The average molecular weight is 512 g/mol. The monoisotopic (exact) mass is 511 g/mol. The molecule has 1 aliphatic carbocycles. The van der Waals surface area contributed by atoms with E-state index in [9.17, 15) is 14.7 Å². The van der Waals surface area contributed by atoms with Crippen molar-refractivity contribution in [2.75, 3.05) is 0 Å². The summed E-state index contributed by atoms with van der Waals surface area (Å²) in [7, 11) is 0. The lowest BCUT2D eigenvalue weighted by molar-refractivity contribution is -0.139. The molecule has 1 N–H and O–H groups in total. The van der Waals surface area contributed by atoms with Crippen molar-refractivity contribution >= 4 is 34.5 Å². The van der Waals surface area contributed by atoms with Gasteiger partial charge in [0.15, 0.2) is 0 Å². The zero-order chi connectivity index (χ0) is 26.1. The number of carboxylic acid groups (broad SMARTS) is 1. The minimum Gasteiger partial charge on any atom is -0.481 e. The van der Waals surface area contributed by atoms with Crippen molar-refractivity contribution in [1.82, 2.24) is 4.57 Å². The minimum atomic E-state index is -0.814. The number of aliphatic carboxylic acids is 1. The highest BCUT2D eigenvalue weighted by Gasteiger charge is 2.33. The Labute approximate surface area is 222 Å². The van der Waals surface area contributed by atoms with E-state index in [0.717, 1.165) is 39.9 Å². The molecular formula is C32H33NO3S. The molecule has 1 aromatic heterocycles. The second kappa shape index (κ2) is 10.6. The molecule has 190 valence electrons. The summed E-state index contributed by atoms with van der Waals surface area (Å²) in [6, 6.07) is 24.5. The summed E-state index contributed by atoms with van der Waals surface area (Å²) in [5.74, 6) is -1.11. The second-order valence-electron chi connectivity index (χ2n) is 10.3. The zero-order valence-corrected chi connectivity index (χ0v) is 22.4. The van der Waals surface area contributed by atoms with Crippen LogP contribution in [0.25, 0.3) is 10.9 Å². The molecule has 1 heterocycles. The number of carbonyl (C=O) groups is 2. The molecule has 0 saturated carbocycles. The van der Waals surface area contributed by atoms with Gasteiger partial charge in [0.05, 0.1) is 11.4 Å². The molecule has 0 amide bonds. The highest BCUT2D eigenvalue weighted by molar-refractivity contribution is 7.99. The van der Waals surface area contributed by atoms with Gasteiger partial charge < -0.3 is 5.11 Å². The van der Waals surface area contributed by atoms with Crippen molar-refractivity contribution in [1.29, 1.82) is 0 Å². The van der Waals surface area contributed by atoms with Crippen molar-refractivity contribution in [3.05, 3.63) is 101 Å². The molecule has 2 atom stereocenters. The quantitative estimate of drug-likeness (QED) is 0.259. The van der Waals surface area contributed by atoms with E-state index in [2.05, 4.69) is 51.1 Å². The van der Waals surface area contributed by atoms with E-state index in [1.165, 1.54) is 11.1 Å². The predicted octanol–water partition coefficient (Wildman–Crippen LogP) is 7.68. The Bertz CT molecular complexity index is 1440. The first kappa shape index (κ1) is 25.3. The molecule has 0 aliphatic heterocycles. The Morgan fingerprint density at radius 1 is 1.00 bits per heavy atom. The standard InChI is InChI=1S/C32H33NO3S/c1-20(2)37-25-16-17-28-27(19-25)30-26(32(35)36)10-7-11-29(30)33(28)31(34)24-14-12-22(13-15-24)18-21(3)23-8-5-4-6-9-23/h4-6,8-9,12-17,19-21,26H,7,10-11,18H2,1-3H3,(H,35,36). The van der Waals surface area contributed by atoms with Crippen LogP contribution in [-0.2, 0) is 17.6 Å². The average Bonchev–Trinajstić information content (AvgIpc) is 3.22. The summed E-state index contributed by atoms with van der Waals surface area (Å²) in [6.45, 7) is 6.50. The van der Waals surface area contributed by atoms with Crippen molar-refractivity contribution in [2.45, 2.75) is 68.4 Å². The second-order valence-corrected chi connectivity index (χ2v) is 12.0. The largest absolute Gasteiger partial charge is 0.481 e. The molecule has 0 radical (unpaired) electrons. The Balaban J connectivity index is 1.51. The molecule has 1 aliphatic rings. The lowest BCUT2D eigenvalue weighted by atomic mass is 9.85. The van der Waals surface area contributed by atoms with E-state index in [0.29, 0.717) is 29.6 Å². The number of fused-ring (bicyclic) bond motifs is 3. The van der Waals surface area contributed by atoms with Crippen LogP contribution >= 0.6 is 11.8 Å². The number of nitrogens with zero attached hydrogens (tertiary/aromatic N) is 1. The van der Waals surface area contributed by atoms with Crippen LogP contribution in [0.1, 0.15) is 78.2 Å². The van der Waals surface area contributed by atoms with E-state index < -0.39 is 11.9 Å². The van der Waals surface area contributed by atoms with Crippen LogP contribution in [0.2, 0.25) is 0 Å². The number of benzene rings is 3. The number of hydrogen-bond acceptors (Lipinski definition) is 3. The summed E-state index contributed by atoms with van der Waals surface area (Å²) in [5.41, 5.74) is 5.59. The molecule has 4 aromatic rings. The first-order valence-electron chi connectivity index (χ1n) is 13.1. The number of hydrogen-bond donors (Lipinski definition) is 1. The number of carbonyl (C=O) groups excluding carboxylic acids is 1. The van der Waals surface area contributed by atoms with Crippen molar-refractivity contribution in [2.24, 2.45) is 0 Å². The fourth-order valence-corrected chi connectivity index (χ4v) is 6.47. The van der Waals surface area contributed by atoms with E-state index in [4.69, 9.17) is 0 Å². The Morgan fingerprint density at radius 3 is 2.41 bits per heavy atom. The molecule has 0 spiro atoms. The Hall–Kier alpha value is -3.31. The number of carboxylic acids is 1. The Kier molecular flexibility index (Phi) is 7.25. The molecule has 37 heavy (non-hydrogen) atoms. The third kappa shape index (κ3) is 5.10. The number of thioether (sulfide) groups is 1. The maximum absolute atomic E-state index is 13.9. The fourth-order valence-electron chi connectivity index (χ4n) is 5.59. The van der Waals surface area contributed by atoms with E-state index >= 15 is 0 Å². The topological polar surface area (TPSA) is 59.3 Å². The summed E-state index contributed by atoms with van der Waals surface area (Å²) in [5, 5.41) is 11.3. The van der Waals surface area contributed by atoms with Crippen molar-refractivity contribution < 1.29 is 14.7 Å². The van der Waals surface area contributed by atoms with Crippen LogP contribution < -0.4 is 0 Å². The van der Waals surface area contributed by atoms with Crippen molar-refractivity contribution in [3.8, 4) is 0 Å². The van der Waals surface area contributed by atoms with E-state index in [-0.39, 0.29) is 5.91 Å². The lowest BCUT2D eigenvalue weighted by Gasteiger charge is -2.21. The highest BCUT2D eigenvalue weighted by atomic mass is 32.2. The van der Waals surface area contributed by atoms with Crippen LogP contribution in [0.4, 0.5) is 0 Å². The molecule has 5 heteroatoms. The Morgan fingerprint density at radius 2 is 1.73 bits per heavy atom. The first-order valence-corrected chi connectivity index (χ1v) is 14.0. The van der Waals surface area contributed by atoms with Gasteiger partial charge in [-0.15, -0.1) is 11.8 Å². The van der Waals surface area contributed by atoms with Gasteiger partial charge in [0.1, 0.15) is 0 Å². The van der Waals surface area contributed by atoms with Crippen LogP contribution in [0, 0.1) is 0 Å². The lowest BCUT2D eigenvalue weighted by Crippen LogP contribution is -2.21. The minimum absolute atomic E-state index is 0.0933. The fraction of sp³-hybridized carbons (Fsp3) is 0.312. The molecule has 4 nitrogen and oxygen atoms in total. The maximum Gasteiger partial charge on any atom is 0.311 e. The molecule has 3 aromatic carbocycles. The maximum atomic E-state index is 13.9. The molecular weight excluding hydrogens is 478 g/mol. The molecule has 5 rings (SSSR count). The van der Waals surface area contributed by atoms with Gasteiger partial charge in [0.2, 0.25) is 0 Å². The van der Waals surface area contributed by atoms with Gasteiger partial charge in [-0.2, -0.15) is 0 Å². The zero-order valence-electron chi connectivity index (χ0n) is 21.6. The van der Waals surface area contributed by atoms with Gasteiger partial charge in [-0.25, -0.2) is 0 Å². The van der Waals surface area contributed by atoms with Gasteiger partial charge in [0.25, 0.3) is 5.91 Å². The predicted molar refractivity (Wildman–Crippen MR) is 151 cm³/mol. The third-order valence-electron chi connectivity index (χ3n) is 7.32. The van der Waals surface area contributed by atoms with Crippen molar-refractivity contribution in [3.63, 3.8) is 0 Å². The van der Waals surface area contributed by atoms with E-state index in [1.54, 1.807) is 16.3 Å². The summed E-state index contributed by atoms with van der Waals surface area (Å²) < 4.78 is 1.78. The molecule has 0 fully saturated rings. The van der Waals surface area contributed by atoms with Gasteiger partial charge in [-0.3, -0.25) is 14.2 Å². The van der Waals surface area contributed by atoms with Crippen LogP contribution in [0.3, 0.4) is 0 Å². The summed E-state index contributed by atoms with van der Waals surface area (Å²) in [4.78, 5) is 27.2.